The van der Waals surface area contributed by atoms with Crippen molar-refractivity contribution in [1.29, 1.82) is 0 Å². The molecule has 0 aliphatic heterocycles. The molecule has 0 saturated heterocycles. The number of ether oxygens (including phenoxy) is 3. The van der Waals surface area contributed by atoms with Crippen molar-refractivity contribution in [2.45, 2.75) is 309 Å². The average molecular weight is 992 g/mol. The SMILES string of the molecule is CC/C=C\C/C=C\C/C=C\C/C=C\C/C=C\C/C=C\CCCCCCCCCCCCCCCCC(=O)OCC(COC(=O)CCCCCCCCCCC)OC(=O)CCCCCCCCCCCCC. The highest BCUT2D eigenvalue weighted by atomic mass is 16.6. The minimum Gasteiger partial charge on any atom is -0.462 e. The summed E-state index contributed by atoms with van der Waals surface area (Å²) < 4.78 is 16.8. The predicted molar refractivity (Wildman–Crippen MR) is 307 cm³/mol. The van der Waals surface area contributed by atoms with Crippen LogP contribution in [0.5, 0.6) is 0 Å². The van der Waals surface area contributed by atoms with Gasteiger partial charge >= 0.3 is 17.9 Å². The summed E-state index contributed by atoms with van der Waals surface area (Å²) in [6, 6.07) is 0. The molecule has 71 heavy (non-hydrogen) atoms. The molecule has 0 bridgehead atoms. The van der Waals surface area contributed by atoms with Crippen molar-refractivity contribution >= 4 is 17.9 Å². The third-order valence-electron chi connectivity index (χ3n) is 13.2. The van der Waals surface area contributed by atoms with Crippen molar-refractivity contribution < 1.29 is 28.6 Å². The van der Waals surface area contributed by atoms with Crippen molar-refractivity contribution in [3.63, 3.8) is 0 Å². The zero-order chi connectivity index (χ0) is 51.4. The summed E-state index contributed by atoms with van der Waals surface area (Å²) in [5.41, 5.74) is 0. The lowest BCUT2D eigenvalue weighted by Crippen LogP contribution is -2.30. The van der Waals surface area contributed by atoms with E-state index >= 15 is 0 Å². The predicted octanol–water partition coefficient (Wildman–Crippen LogP) is 20.5. The van der Waals surface area contributed by atoms with Gasteiger partial charge in [0.05, 0.1) is 0 Å². The van der Waals surface area contributed by atoms with Gasteiger partial charge in [-0.25, -0.2) is 0 Å². The van der Waals surface area contributed by atoms with E-state index in [4.69, 9.17) is 14.2 Å². The van der Waals surface area contributed by atoms with E-state index in [1.54, 1.807) is 0 Å². The lowest BCUT2D eigenvalue weighted by atomic mass is 10.0. The lowest BCUT2D eigenvalue weighted by molar-refractivity contribution is -0.167. The average Bonchev–Trinajstić information content (AvgIpc) is 3.37. The molecule has 0 spiro atoms. The first-order chi connectivity index (χ1) is 35.0. The van der Waals surface area contributed by atoms with Crippen LogP contribution in [0, 0.1) is 0 Å². The first-order valence-electron chi connectivity index (χ1n) is 30.4. The molecule has 0 radical (unpaired) electrons. The van der Waals surface area contributed by atoms with Crippen LogP contribution in [0.3, 0.4) is 0 Å². The summed E-state index contributed by atoms with van der Waals surface area (Å²) in [6.07, 6.45) is 76.4. The Bertz CT molecular complexity index is 1320. The van der Waals surface area contributed by atoms with Crippen molar-refractivity contribution in [2.24, 2.45) is 0 Å². The van der Waals surface area contributed by atoms with Crippen LogP contribution in [0.25, 0.3) is 0 Å². The van der Waals surface area contributed by atoms with Gasteiger partial charge in [0.1, 0.15) is 13.2 Å². The molecule has 0 amide bonds. The number of carbonyl (C=O) groups is 3. The standard InChI is InChI=1S/C65H114O6/c1-4-7-10-13-16-19-21-22-23-24-25-26-27-28-29-30-31-32-33-34-35-36-37-38-39-40-41-42-44-46-49-52-55-58-64(67)70-61-62(60-69-63(66)57-54-51-48-45-18-15-12-9-6-3)71-65(68)59-56-53-50-47-43-20-17-14-11-8-5-2/h7,10,16,19,22-23,25-26,28-29,31-32,62H,4-6,8-9,11-15,17-18,20-21,24,27,30,33-61H2,1-3H3/b10-7-,19-16-,23-22-,26-25-,29-28-,32-31-. The number of rotatable bonds is 55. The highest BCUT2D eigenvalue weighted by Crippen LogP contribution is 2.16. The van der Waals surface area contributed by atoms with Gasteiger partial charge in [-0.2, -0.15) is 0 Å². The van der Waals surface area contributed by atoms with E-state index in [-0.39, 0.29) is 31.1 Å². The minimum absolute atomic E-state index is 0.0696. The van der Waals surface area contributed by atoms with Gasteiger partial charge in [0, 0.05) is 19.3 Å². The maximum atomic E-state index is 12.8. The van der Waals surface area contributed by atoms with Gasteiger partial charge in [0.25, 0.3) is 0 Å². The number of esters is 3. The second-order valence-corrected chi connectivity index (χ2v) is 20.2. The van der Waals surface area contributed by atoms with Crippen LogP contribution in [0.15, 0.2) is 72.9 Å². The van der Waals surface area contributed by atoms with Gasteiger partial charge in [0.15, 0.2) is 6.10 Å². The lowest BCUT2D eigenvalue weighted by Gasteiger charge is -2.18. The summed E-state index contributed by atoms with van der Waals surface area (Å²) in [7, 11) is 0. The molecule has 0 aromatic carbocycles. The van der Waals surface area contributed by atoms with E-state index in [9.17, 15) is 14.4 Å². The zero-order valence-electron chi connectivity index (χ0n) is 47.0. The Hall–Kier alpha value is -3.15. The van der Waals surface area contributed by atoms with Gasteiger partial charge in [0.2, 0.25) is 0 Å². The van der Waals surface area contributed by atoms with Crippen molar-refractivity contribution in [2.75, 3.05) is 13.2 Å². The van der Waals surface area contributed by atoms with E-state index < -0.39 is 6.10 Å². The van der Waals surface area contributed by atoms with Gasteiger partial charge in [-0.05, 0) is 70.6 Å². The molecular formula is C65H114O6. The van der Waals surface area contributed by atoms with Crippen LogP contribution in [0.2, 0.25) is 0 Å². The molecule has 0 aromatic heterocycles. The maximum absolute atomic E-state index is 12.8. The first kappa shape index (κ1) is 67.8. The first-order valence-corrected chi connectivity index (χ1v) is 30.4. The molecule has 1 atom stereocenters. The molecule has 6 heteroatoms. The van der Waals surface area contributed by atoms with E-state index in [1.807, 2.05) is 0 Å². The van der Waals surface area contributed by atoms with E-state index in [1.165, 1.54) is 167 Å². The quantitative estimate of drug-likeness (QED) is 0.0261. The molecule has 1 unspecified atom stereocenters. The Morgan fingerprint density at radius 3 is 0.859 bits per heavy atom. The largest absolute Gasteiger partial charge is 0.462 e. The molecular weight excluding hydrogens is 877 g/mol. The van der Waals surface area contributed by atoms with Crippen molar-refractivity contribution in [1.82, 2.24) is 0 Å². The molecule has 410 valence electrons. The van der Waals surface area contributed by atoms with Crippen LogP contribution in [-0.2, 0) is 28.6 Å². The highest BCUT2D eigenvalue weighted by molar-refractivity contribution is 5.71. The molecule has 0 N–H and O–H groups in total. The number of carbonyl (C=O) groups excluding carboxylic acids is 3. The summed E-state index contributed by atoms with van der Waals surface area (Å²) >= 11 is 0. The minimum atomic E-state index is -0.768. The van der Waals surface area contributed by atoms with Crippen molar-refractivity contribution in [3.8, 4) is 0 Å². The van der Waals surface area contributed by atoms with Crippen LogP contribution < -0.4 is 0 Å². The Morgan fingerprint density at radius 1 is 0.296 bits per heavy atom. The van der Waals surface area contributed by atoms with Gasteiger partial charge in [-0.3, -0.25) is 14.4 Å². The topological polar surface area (TPSA) is 78.9 Å². The molecule has 0 rings (SSSR count). The molecule has 6 nitrogen and oxygen atoms in total. The second kappa shape index (κ2) is 59.4. The van der Waals surface area contributed by atoms with Gasteiger partial charge in [-0.1, -0.05) is 286 Å². The summed E-state index contributed by atoms with van der Waals surface area (Å²) in [5, 5.41) is 0. The fourth-order valence-electron chi connectivity index (χ4n) is 8.68. The molecule has 0 fully saturated rings. The van der Waals surface area contributed by atoms with Gasteiger partial charge in [-0.15, -0.1) is 0 Å². The third-order valence-corrected chi connectivity index (χ3v) is 13.2. The zero-order valence-corrected chi connectivity index (χ0v) is 47.0. The number of unbranched alkanes of at least 4 members (excludes halogenated alkanes) is 32. The van der Waals surface area contributed by atoms with Crippen LogP contribution in [0.1, 0.15) is 303 Å². The number of hydrogen-bond acceptors (Lipinski definition) is 6. The normalized spacial score (nSPS) is 12.5. The van der Waals surface area contributed by atoms with Crippen molar-refractivity contribution in [3.05, 3.63) is 72.9 Å². The maximum Gasteiger partial charge on any atom is 0.306 e. The van der Waals surface area contributed by atoms with Crippen LogP contribution in [-0.4, -0.2) is 37.2 Å². The van der Waals surface area contributed by atoms with E-state index in [2.05, 4.69) is 93.7 Å². The molecule has 0 aliphatic carbocycles. The Kier molecular flexibility index (Phi) is 56.8. The Morgan fingerprint density at radius 2 is 0.549 bits per heavy atom. The Labute approximate surface area is 440 Å². The molecule has 0 aliphatic rings. The molecule has 0 heterocycles. The summed E-state index contributed by atoms with van der Waals surface area (Å²) in [6.45, 7) is 6.52. The van der Waals surface area contributed by atoms with Crippen LogP contribution in [0.4, 0.5) is 0 Å². The van der Waals surface area contributed by atoms with Crippen LogP contribution >= 0.6 is 0 Å². The van der Waals surface area contributed by atoms with E-state index in [0.29, 0.717) is 19.3 Å². The second-order valence-electron chi connectivity index (χ2n) is 20.2. The van der Waals surface area contributed by atoms with Gasteiger partial charge < -0.3 is 14.2 Å². The summed E-state index contributed by atoms with van der Waals surface area (Å²) in [5.74, 6) is -0.862. The highest BCUT2D eigenvalue weighted by Gasteiger charge is 2.19. The summed E-state index contributed by atoms with van der Waals surface area (Å²) in [4.78, 5) is 38.0. The third kappa shape index (κ3) is 57.6. The number of allylic oxidation sites excluding steroid dienone is 12. The van der Waals surface area contributed by atoms with E-state index in [0.717, 1.165) is 96.3 Å². The fraction of sp³-hybridized carbons (Fsp3) is 0.769. The number of hydrogen-bond donors (Lipinski definition) is 0. The fourth-order valence-corrected chi connectivity index (χ4v) is 8.68. The Balaban J connectivity index is 4.03. The molecule has 0 saturated carbocycles. The smallest absolute Gasteiger partial charge is 0.306 e. The molecule has 0 aromatic rings. The monoisotopic (exact) mass is 991 g/mol.